The number of carboxylic acid groups (broad SMARTS) is 1. The van der Waals surface area contributed by atoms with Crippen molar-refractivity contribution in [2.45, 2.75) is 44.1 Å². The van der Waals surface area contributed by atoms with Gasteiger partial charge in [0.2, 0.25) is 5.88 Å². The van der Waals surface area contributed by atoms with Crippen molar-refractivity contribution in [1.82, 2.24) is 20.3 Å². The Bertz CT molecular complexity index is 1540. The number of nitrogens with one attached hydrogen (secondary N) is 1. The molecule has 0 saturated carbocycles. The van der Waals surface area contributed by atoms with E-state index in [9.17, 15) is 19.8 Å². The summed E-state index contributed by atoms with van der Waals surface area (Å²) in [5, 5.41) is 23.0. The number of allylic oxidation sites excluding steroid dienone is 1. The second-order valence-electron chi connectivity index (χ2n) is 11.9. The number of ether oxygens (including phenoxy) is 1. The van der Waals surface area contributed by atoms with Gasteiger partial charge in [-0.05, 0) is 79.6 Å². The number of rotatable bonds is 7. The number of aliphatic carboxylic acids is 1. The maximum absolute atomic E-state index is 13.5. The molecule has 0 unspecified atom stereocenters. The Morgan fingerprint density at radius 2 is 1.80 bits per heavy atom. The lowest BCUT2D eigenvalue weighted by molar-refractivity contribution is -0.143. The highest BCUT2D eigenvalue weighted by Gasteiger charge is 2.34. The van der Waals surface area contributed by atoms with Gasteiger partial charge in [-0.25, -0.2) is 9.99 Å². The number of pyridine rings is 1. The highest BCUT2D eigenvalue weighted by molar-refractivity contribution is 6.30. The number of carbonyl (C=O) groups is 2. The van der Waals surface area contributed by atoms with Gasteiger partial charge in [-0.15, -0.1) is 0 Å². The van der Waals surface area contributed by atoms with Gasteiger partial charge < -0.3 is 19.8 Å². The van der Waals surface area contributed by atoms with Gasteiger partial charge in [-0.3, -0.25) is 15.0 Å². The van der Waals surface area contributed by atoms with E-state index in [1.54, 1.807) is 17.3 Å². The molecule has 0 spiro atoms. The summed E-state index contributed by atoms with van der Waals surface area (Å²) in [6.07, 6.45) is 7.53. The Morgan fingerprint density at radius 1 is 1.05 bits per heavy atom. The Hall–Kier alpha value is -3.76. The molecule has 3 aliphatic heterocycles. The van der Waals surface area contributed by atoms with Crippen LogP contribution in [0.5, 0.6) is 11.6 Å². The third-order valence-corrected chi connectivity index (χ3v) is 9.33. The van der Waals surface area contributed by atoms with Gasteiger partial charge in [0.15, 0.2) is 0 Å². The molecule has 2 fully saturated rings. The van der Waals surface area contributed by atoms with E-state index < -0.39 is 11.6 Å². The van der Waals surface area contributed by atoms with Crippen LogP contribution in [-0.2, 0) is 16.8 Å². The van der Waals surface area contributed by atoms with Crippen LogP contribution in [0.2, 0.25) is 5.02 Å². The number of likely N-dealkylation sites (tertiary alicyclic amines) is 1. The quantitative estimate of drug-likeness (QED) is 0.328. The molecule has 44 heavy (non-hydrogen) atoms. The first-order chi connectivity index (χ1) is 21.3. The first-order valence-corrected chi connectivity index (χ1v) is 15.6. The van der Waals surface area contributed by atoms with E-state index in [2.05, 4.69) is 21.4 Å². The molecule has 6 rings (SSSR count). The molecule has 0 atom stereocenters. The molecule has 2 saturated heterocycles. The van der Waals surface area contributed by atoms with E-state index in [-0.39, 0.29) is 11.8 Å². The first-order valence-electron chi connectivity index (χ1n) is 15.2. The van der Waals surface area contributed by atoms with Gasteiger partial charge in [0.1, 0.15) is 5.75 Å². The van der Waals surface area contributed by atoms with Crippen molar-refractivity contribution in [3.8, 4) is 11.6 Å². The number of carboxylic acids is 1. The summed E-state index contributed by atoms with van der Waals surface area (Å²) in [5.74, 6) is -0.282. The zero-order chi connectivity index (χ0) is 30.7. The second-order valence-corrected chi connectivity index (χ2v) is 12.3. The topological polar surface area (TPSA) is 115 Å². The van der Waals surface area contributed by atoms with Gasteiger partial charge in [-0.2, -0.15) is 0 Å². The van der Waals surface area contributed by atoms with E-state index >= 15 is 0 Å². The molecule has 3 aromatic rings. The minimum absolute atomic E-state index is 0.237. The minimum Gasteiger partial charge on any atom is -0.481 e. The van der Waals surface area contributed by atoms with Crippen LogP contribution in [0.4, 0.5) is 0 Å². The number of aliphatic hydroxyl groups is 1. The number of benzene rings is 2. The van der Waals surface area contributed by atoms with Gasteiger partial charge in [-0.1, -0.05) is 35.9 Å². The summed E-state index contributed by atoms with van der Waals surface area (Å²) >= 11 is 6.04. The molecular weight excluding hydrogens is 580 g/mol. The van der Waals surface area contributed by atoms with Crippen LogP contribution in [0.15, 0.2) is 66.9 Å². The highest BCUT2D eigenvalue weighted by Crippen LogP contribution is 2.39. The number of halogens is 1. The number of hydrogen-bond acceptors (Lipinski definition) is 7. The molecule has 4 heterocycles. The minimum atomic E-state index is -0.838. The first kappa shape index (κ1) is 30.3. The summed E-state index contributed by atoms with van der Waals surface area (Å²) in [6.45, 7) is 3.41. The summed E-state index contributed by atoms with van der Waals surface area (Å²) in [7, 11) is 0. The highest BCUT2D eigenvalue weighted by atomic mass is 35.5. The van der Waals surface area contributed by atoms with E-state index in [4.69, 9.17) is 16.3 Å². The Morgan fingerprint density at radius 3 is 2.52 bits per heavy atom. The van der Waals surface area contributed by atoms with Crippen molar-refractivity contribution in [2.75, 3.05) is 32.7 Å². The molecule has 3 aliphatic rings. The zero-order valence-electron chi connectivity index (χ0n) is 24.5. The number of hydrogen-bond donors (Lipinski definition) is 3. The number of carbonyl (C=O) groups excluding carboxylic acids is 1. The SMILES string of the molecule is O=C(NN1CCC(C(=O)O)CC1)c1cccc2c1CC(=CCCN1CCC(O)(c3ccc(Cl)cc3)CC1)c1cccnc1O2. The smallest absolute Gasteiger partial charge is 0.306 e. The Kier molecular flexibility index (Phi) is 9.00. The number of hydrazine groups is 1. The van der Waals surface area contributed by atoms with Gasteiger partial charge in [0.25, 0.3) is 5.91 Å². The van der Waals surface area contributed by atoms with Gasteiger partial charge >= 0.3 is 5.97 Å². The van der Waals surface area contributed by atoms with Gasteiger partial charge in [0, 0.05) is 67.1 Å². The number of aromatic nitrogens is 1. The van der Waals surface area contributed by atoms with Crippen LogP contribution in [0, 0.1) is 5.92 Å². The fourth-order valence-electron chi connectivity index (χ4n) is 6.40. The van der Waals surface area contributed by atoms with Crippen molar-refractivity contribution in [1.29, 1.82) is 0 Å². The van der Waals surface area contributed by atoms with Gasteiger partial charge in [0.05, 0.1) is 11.5 Å². The average molecular weight is 617 g/mol. The monoisotopic (exact) mass is 616 g/mol. The van der Waals surface area contributed by atoms with E-state index in [0.717, 1.165) is 48.3 Å². The maximum atomic E-state index is 13.5. The molecule has 0 radical (unpaired) electrons. The van der Waals surface area contributed by atoms with E-state index in [0.29, 0.717) is 67.4 Å². The fraction of sp³-hybridized carbons (Fsp3) is 0.382. The number of piperidine rings is 2. The molecule has 1 aromatic heterocycles. The number of nitrogens with zero attached hydrogens (tertiary/aromatic N) is 3. The maximum Gasteiger partial charge on any atom is 0.306 e. The van der Waals surface area contributed by atoms with Crippen molar-refractivity contribution >= 4 is 29.1 Å². The van der Waals surface area contributed by atoms with Crippen LogP contribution in [0.3, 0.4) is 0 Å². The standard InChI is InChI=1S/C34H37ClN4O5/c35-26-10-8-25(9-11-26)34(43)14-20-38(21-15-34)17-3-4-24-22-29-28(31(40)37-39-18-12-23(13-19-39)33(41)42)5-1-7-30(29)44-32-27(24)6-2-16-36-32/h1-2,4-11,16,23,43H,3,12-15,17-22H2,(H,37,40)(H,41,42). The third kappa shape index (κ3) is 6.66. The predicted molar refractivity (Wildman–Crippen MR) is 167 cm³/mol. The molecule has 1 amide bonds. The molecule has 2 aromatic carbocycles. The fourth-order valence-corrected chi connectivity index (χ4v) is 6.53. The largest absolute Gasteiger partial charge is 0.481 e. The van der Waals surface area contributed by atoms with Crippen LogP contribution in [0.25, 0.3) is 5.57 Å². The van der Waals surface area contributed by atoms with Crippen LogP contribution in [-0.4, -0.2) is 69.7 Å². The third-order valence-electron chi connectivity index (χ3n) is 9.07. The van der Waals surface area contributed by atoms with Crippen LogP contribution < -0.4 is 10.2 Å². The molecular formula is C34H37ClN4O5. The normalized spacial score (nSPS) is 19.8. The molecule has 0 bridgehead atoms. The van der Waals surface area contributed by atoms with Crippen molar-refractivity contribution < 1.29 is 24.5 Å². The molecule has 10 heteroatoms. The van der Waals surface area contributed by atoms with Crippen molar-refractivity contribution in [3.63, 3.8) is 0 Å². The lowest BCUT2D eigenvalue weighted by Gasteiger charge is -2.38. The summed E-state index contributed by atoms with van der Waals surface area (Å²) in [5.41, 5.74) is 6.33. The molecule has 9 nitrogen and oxygen atoms in total. The van der Waals surface area contributed by atoms with Crippen molar-refractivity contribution in [2.24, 2.45) is 5.92 Å². The van der Waals surface area contributed by atoms with E-state index in [1.807, 2.05) is 48.5 Å². The molecule has 230 valence electrons. The van der Waals surface area contributed by atoms with E-state index in [1.165, 1.54) is 0 Å². The second kappa shape index (κ2) is 13.1. The Labute approximate surface area is 262 Å². The predicted octanol–water partition coefficient (Wildman–Crippen LogP) is 5.28. The lowest BCUT2D eigenvalue weighted by Crippen LogP contribution is -2.47. The summed E-state index contributed by atoms with van der Waals surface area (Å²) < 4.78 is 6.27. The number of fused-ring (bicyclic) bond motifs is 2. The molecule has 3 N–H and O–H groups in total. The van der Waals surface area contributed by atoms with Crippen LogP contribution in [0.1, 0.15) is 59.2 Å². The molecule has 0 aliphatic carbocycles. The van der Waals surface area contributed by atoms with Crippen LogP contribution >= 0.6 is 11.6 Å². The number of amides is 1. The Balaban J connectivity index is 1.14. The van der Waals surface area contributed by atoms with Crippen molar-refractivity contribution in [3.05, 3.63) is 94.1 Å². The lowest BCUT2D eigenvalue weighted by atomic mass is 9.84. The summed E-state index contributed by atoms with van der Waals surface area (Å²) in [4.78, 5) is 31.7. The average Bonchev–Trinajstić information content (AvgIpc) is 3.19. The summed E-state index contributed by atoms with van der Waals surface area (Å²) in [6, 6.07) is 16.8. The zero-order valence-corrected chi connectivity index (χ0v) is 25.3.